The molecule has 3 rings (SSSR count). The molecule has 2 aromatic rings. The zero-order chi connectivity index (χ0) is 21.9. The minimum Gasteiger partial charge on any atom is -0.497 e. The van der Waals surface area contributed by atoms with E-state index in [9.17, 15) is 10.1 Å². The summed E-state index contributed by atoms with van der Waals surface area (Å²) in [5.41, 5.74) is 2.10. The van der Waals surface area contributed by atoms with Gasteiger partial charge in [-0.05, 0) is 23.3 Å². The van der Waals surface area contributed by atoms with Gasteiger partial charge in [-0.3, -0.25) is 15.0 Å². The fourth-order valence-electron chi connectivity index (χ4n) is 3.15. The van der Waals surface area contributed by atoms with E-state index in [1.54, 1.807) is 19.2 Å². The van der Waals surface area contributed by atoms with E-state index >= 15 is 0 Å². The summed E-state index contributed by atoms with van der Waals surface area (Å²) < 4.78 is 10.6. The highest BCUT2D eigenvalue weighted by atomic mass is 127. The van der Waals surface area contributed by atoms with Crippen molar-refractivity contribution in [2.24, 2.45) is 4.99 Å². The van der Waals surface area contributed by atoms with Gasteiger partial charge in [0, 0.05) is 44.9 Å². The summed E-state index contributed by atoms with van der Waals surface area (Å²) in [4.78, 5) is 17.5. The quantitative estimate of drug-likeness (QED) is 0.161. The van der Waals surface area contributed by atoms with E-state index < -0.39 is 4.92 Å². The summed E-state index contributed by atoms with van der Waals surface area (Å²) in [5.74, 6) is 1.51. The number of hydrogen-bond donors (Lipinski definition) is 2. The molecule has 0 radical (unpaired) electrons. The van der Waals surface area contributed by atoms with Gasteiger partial charge in [-0.25, -0.2) is 4.99 Å². The number of nitrogens with one attached hydrogen (secondary N) is 2. The molecule has 1 aliphatic rings. The standard InChI is InChI=1S/C22H29N5O4.HI/c1-30-21-8-4-19(5-9-21)17-25-22(23-10-11-26-12-14-31-15-13-26)24-16-18-2-6-20(7-3-18)27(28)29;/h2-9H,10-17H2,1H3,(H2,23,24,25);1H. The largest absolute Gasteiger partial charge is 0.497 e. The molecule has 0 bridgehead atoms. The zero-order valence-corrected chi connectivity index (χ0v) is 20.5. The van der Waals surface area contributed by atoms with Crippen LogP contribution in [0.4, 0.5) is 5.69 Å². The van der Waals surface area contributed by atoms with Crippen molar-refractivity contribution in [2.75, 3.05) is 46.5 Å². The Labute approximate surface area is 205 Å². The molecule has 0 amide bonds. The fourth-order valence-corrected chi connectivity index (χ4v) is 3.15. The number of morpholine rings is 1. The van der Waals surface area contributed by atoms with Crippen LogP contribution in [0.3, 0.4) is 0 Å². The maximum absolute atomic E-state index is 10.8. The minimum atomic E-state index is -0.397. The Bertz CT molecular complexity index is 856. The molecule has 9 nitrogen and oxygen atoms in total. The number of nitro benzene ring substituents is 1. The van der Waals surface area contributed by atoms with Gasteiger partial charge >= 0.3 is 0 Å². The van der Waals surface area contributed by atoms with Crippen molar-refractivity contribution in [3.63, 3.8) is 0 Å². The highest BCUT2D eigenvalue weighted by Crippen LogP contribution is 2.13. The lowest BCUT2D eigenvalue weighted by Crippen LogP contribution is -2.44. The fraction of sp³-hybridized carbons (Fsp3) is 0.409. The Balaban J connectivity index is 0.00000363. The van der Waals surface area contributed by atoms with E-state index in [-0.39, 0.29) is 29.7 Å². The van der Waals surface area contributed by atoms with Crippen LogP contribution >= 0.6 is 24.0 Å². The SMILES string of the molecule is COc1ccc(CN=C(NCCN2CCOCC2)NCc2ccc([N+](=O)[O-])cc2)cc1.I. The number of methoxy groups -OCH3 is 1. The molecule has 0 aliphatic carbocycles. The molecule has 0 atom stereocenters. The highest BCUT2D eigenvalue weighted by Gasteiger charge is 2.10. The molecule has 1 aliphatic heterocycles. The van der Waals surface area contributed by atoms with Gasteiger partial charge in [0.05, 0.1) is 31.8 Å². The third kappa shape index (κ3) is 8.60. The maximum atomic E-state index is 10.8. The van der Waals surface area contributed by atoms with Gasteiger partial charge in [0.1, 0.15) is 5.75 Å². The molecule has 2 aromatic carbocycles. The van der Waals surface area contributed by atoms with Crippen LogP contribution in [0, 0.1) is 10.1 Å². The third-order valence-electron chi connectivity index (χ3n) is 5.01. The second-order valence-electron chi connectivity index (χ2n) is 7.17. The number of rotatable bonds is 9. The number of hydrogen-bond acceptors (Lipinski definition) is 6. The lowest BCUT2D eigenvalue weighted by atomic mass is 10.2. The van der Waals surface area contributed by atoms with E-state index in [2.05, 4.69) is 15.5 Å². The summed E-state index contributed by atoms with van der Waals surface area (Å²) in [6.07, 6.45) is 0. The number of aliphatic imine (C=N–C) groups is 1. The number of nitro groups is 1. The monoisotopic (exact) mass is 555 g/mol. The number of non-ortho nitro benzene ring substituents is 1. The van der Waals surface area contributed by atoms with E-state index in [1.807, 2.05) is 24.3 Å². The predicted octanol–water partition coefficient (Wildman–Crippen LogP) is 2.79. The second-order valence-corrected chi connectivity index (χ2v) is 7.17. The number of nitrogens with zero attached hydrogens (tertiary/aromatic N) is 3. The van der Waals surface area contributed by atoms with Crippen LogP contribution in [0.5, 0.6) is 5.75 Å². The van der Waals surface area contributed by atoms with E-state index in [1.165, 1.54) is 12.1 Å². The molecule has 2 N–H and O–H groups in total. The third-order valence-corrected chi connectivity index (χ3v) is 5.01. The Kier molecular flexibility index (Phi) is 11.2. The number of ether oxygens (including phenoxy) is 2. The summed E-state index contributed by atoms with van der Waals surface area (Å²) in [6.45, 7) is 6.14. The molecule has 1 fully saturated rings. The molecule has 0 unspecified atom stereocenters. The van der Waals surface area contributed by atoms with Crippen molar-refractivity contribution in [3.05, 3.63) is 69.8 Å². The predicted molar refractivity (Wildman–Crippen MR) is 135 cm³/mol. The normalized spacial score (nSPS) is 14.3. The van der Waals surface area contributed by atoms with E-state index in [4.69, 9.17) is 14.5 Å². The van der Waals surface area contributed by atoms with E-state index in [0.29, 0.717) is 19.0 Å². The first-order valence-electron chi connectivity index (χ1n) is 10.3. The zero-order valence-electron chi connectivity index (χ0n) is 18.2. The first-order chi connectivity index (χ1) is 15.1. The summed E-state index contributed by atoms with van der Waals surface area (Å²) in [5, 5.41) is 17.5. The van der Waals surface area contributed by atoms with Crippen molar-refractivity contribution in [1.29, 1.82) is 0 Å². The minimum absolute atomic E-state index is 0. The van der Waals surface area contributed by atoms with Gasteiger partial charge in [0.25, 0.3) is 5.69 Å². The van der Waals surface area contributed by atoms with Crippen molar-refractivity contribution in [2.45, 2.75) is 13.1 Å². The molecule has 10 heteroatoms. The summed E-state index contributed by atoms with van der Waals surface area (Å²) in [6, 6.07) is 14.3. The lowest BCUT2D eigenvalue weighted by Gasteiger charge is -2.26. The Morgan fingerprint density at radius 3 is 2.38 bits per heavy atom. The van der Waals surface area contributed by atoms with Crippen LogP contribution in [0.2, 0.25) is 0 Å². The van der Waals surface area contributed by atoms with Crippen molar-refractivity contribution in [1.82, 2.24) is 15.5 Å². The highest BCUT2D eigenvalue weighted by molar-refractivity contribution is 14.0. The van der Waals surface area contributed by atoms with Gasteiger partial charge in [0.2, 0.25) is 0 Å². The number of benzene rings is 2. The van der Waals surface area contributed by atoms with Gasteiger partial charge in [-0.2, -0.15) is 0 Å². The van der Waals surface area contributed by atoms with Crippen LogP contribution < -0.4 is 15.4 Å². The molecule has 0 aromatic heterocycles. The van der Waals surface area contributed by atoms with Gasteiger partial charge in [-0.1, -0.05) is 24.3 Å². The summed E-state index contributed by atoms with van der Waals surface area (Å²) >= 11 is 0. The molecular formula is C22H30IN5O4. The smallest absolute Gasteiger partial charge is 0.269 e. The average molecular weight is 555 g/mol. The molecule has 1 heterocycles. The second kappa shape index (κ2) is 13.9. The van der Waals surface area contributed by atoms with Crippen molar-refractivity contribution in [3.8, 4) is 5.75 Å². The lowest BCUT2D eigenvalue weighted by molar-refractivity contribution is -0.384. The van der Waals surface area contributed by atoms with Gasteiger partial charge in [0.15, 0.2) is 5.96 Å². The van der Waals surface area contributed by atoms with Crippen LogP contribution in [0.15, 0.2) is 53.5 Å². The number of halogens is 1. The first-order valence-corrected chi connectivity index (χ1v) is 10.3. The van der Waals surface area contributed by atoms with Gasteiger partial charge < -0.3 is 20.1 Å². The number of guanidine groups is 1. The molecular weight excluding hydrogens is 525 g/mol. The average Bonchev–Trinajstić information content (AvgIpc) is 2.81. The Hall–Kier alpha value is -2.44. The molecule has 0 saturated carbocycles. The van der Waals surface area contributed by atoms with Crippen LogP contribution in [-0.2, 0) is 17.8 Å². The maximum Gasteiger partial charge on any atom is 0.269 e. The Morgan fingerprint density at radius 1 is 1.09 bits per heavy atom. The van der Waals surface area contributed by atoms with Crippen molar-refractivity contribution < 1.29 is 14.4 Å². The van der Waals surface area contributed by atoms with Crippen LogP contribution in [-0.4, -0.2) is 62.3 Å². The van der Waals surface area contributed by atoms with Crippen molar-refractivity contribution >= 4 is 35.6 Å². The van der Waals surface area contributed by atoms with Crippen LogP contribution in [0.25, 0.3) is 0 Å². The first kappa shape index (κ1) is 25.8. The van der Waals surface area contributed by atoms with Gasteiger partial charge in [-0.15, -0.1) is 24.0 Å². The van der Waals surface area contributed by atoms with E-state index in [0.717, 1.165) is 56.3 Å². The molecule has 174 valence electrons. The topological polar surface area (TPSA) is 101 Å². The van der Waals surface area contributed by atoms with Crippen LogP contribution in [0.1, 0.15) is 11.1 Å². The Morgan fingerprint density at radius 2 is 1.75 bits per heavy atom. The molecule has 0 spiro atoms. The molecule has 1 saturated heterocycles. The molecule has 32 heavy (non-hydrogen) atoms. The summed E-state index contributed by atoms with van der Waals surface area (Å²) in [7, 11) is 1.64.